The van der Waals surface area contributed by atoms with E-state index in [1.165, 1.54) is 4.90 Å². The molecule has 0 aromatic rings. The van der Waals surface area contributed by atoms with Crippen LogP contribution in [0.1, 0.15) is 13.8 Å². The van der Waals surface area contributed by atoms with Gasteiger partial charge in [0.2, 0.25) is 0 Å². The van der Waals surface area contributed by atoms with Crippen molar-refractivity contribution >= 4 is 11.9 Å². The number of rotatable bonds is 2. The monoisotopic (exact) mass is 214 g/mol. The molecule has 1 saturated heterocycles. The van der Waals surface area contributed by atoms with Gasteiger partial charge >= 0.3 is 11.9 Å². The number of hydrogen-bond acceptors (Lipinski definition) is 4. The van der Waals surface area contributed by atoms with Crippen LogP contribution in [0.3, 0.4) is 0 Å². The quantitative estimate of drug-likeness (QED) is 0.501. The molecule has 0 aromatic heterocycles. The summed E-state index contributed by atoms with van der Waals surface area (Å²) >= 11 is 0. The van der Waals surface area contributed by atoms with Crippen LogP contribution in [-0.4, -0.2) is 43.0 Å². The minimum absolute atomic E-state index is 0.230. The molecule has 5 nitrogen and oxygen atoms in total. The van der Waals surface area contributed by atoms with Gasteiger partial charge in [0, 0.05) is 13.1 Å². The fourth-order valence-corrected chi connectivity index (χ4v) is 1.83. The summed E-state index contributed by atoms with van der Waals surface area (Å²) in [5.74, 6) is -0.654. The molecule has 0 bridgehead atoms. The molecular weight excluding hydrogens is 196 g/mol. The molecule has 2 atom stereocenters. The van der Waals surface area contributed by atoms with Crippen LogP contribution < -0.4 is 5.73 Å². The van der Waals surface area contributed by atoms with Crippen molar-refractivity contribution in [3.8, 4) is 0 Å². The zero-order valence-corrected chi connectivity index (χ0v) is 9.23. The Kier molecular flexibility index (Phi) is 4.08. The van der Waals surface area contributed by atoms with Gasteiger partial charge in [-0.25, -0.2) is 4.79 Å². The molecule has 1 aliphatic rings. The highest BCUT2D eigenvalue weighted by atomic mass is 16.5. The maximum atomic E-state index is 11.6. The molecule has 15 heavy (non-hydrogen) atoms. The van der Waals surface area contributed by atoms with Crippen molar-refractivity contribution in [2.75, 3.05) is 26.2 Å². The van der Waals surface area contributed by atoms with Crippen LogP contribution in [-0.2, 0) is 14.3 Å². The first kappa shape index (κ1) is 12.0. The summed E-state index contributed by atoms with van der Waals surface area (Å²) in [5.41, 5.74) is 5.57. The molecule has 1 rings (SSSR count). The van der Waals surface area contributed by atoms with E-state index in [1.54, 1.807) is 6.92 Å². The number of ether oxygens (including phenoxy) is 1. The second kappa shape index (κ2) is 5.11. The van der Waals surface area contributed by atoms with Crippen LogP contribution in [0.25, 0.3) is 0 Å². The van der Waals surface area contributed by atoms with Gasteiger partial charge in [0.15, 0.2) is 0 Å². The van der Waals surface area contributed by atoms with Gasteiger partial charge in [-0.2, -0.15) is 0 Å². The largest absolute Gasteiger partial charge is 0.459 e. The first-order chi connectivity index (χ1) is 7.10. The summed E-state index contributed by atoms with van der Waals surface area (Å²) in [6.45, 7) is 5.66. The molecule has 0 spiro atoms. The van der Waals surface area contributed by atoms with E-state index in [1.807, 2.05) is 6.92 Å². The lowest BCUT2D eigenvalue weighted by Crippen LogP contribution is -2.36. The summed E-state index contributed by atoms with van der Waals surface area (Å²) < 4.78 is 4.66. The SMILES string of the molecule is CCOC(=O)C(=O)N1C[C@@H](CN)[C@H](C)C1. The van der Waals surface area contributed by atoms with Gasteiger partial charge in [0.25, 0.3) is 0 Å². The summed E-state index contributed by atoms with van der Waals surface area (Å²) in [6, 6.07) is 0. The van der Waals surface area contributed by atoms with Crippen molar-refractivity contribution in [3.05, 3.63) is 0 Å². The molecule has 86 valence electrons. The Labute approximate surface area is 89.6 Å². The van der Waals surface area contributed by atoms with Crippen LogP contribution in [0.2, 0.25) is 0 Å². The molecule has 0 unspecified atom stereocenters. The average molecular weight is 214 g/mol. The average Bonchev–Trinajstić information content (AvgIpc) is 2.59. The fourth-order valence-electron chi connectivity index (χ4n) is 1.83. The fraction of sp³-hybridized carbons (Fsp3) is 0.800. The molecule has 2 N–H and O–H groups in total. The van der Waals surface area contributed by atoms with Crippen molar-refractivity contribution < 1.29 is 14.3 Å². The molecule has 5 heteroatoms. The predicted molar refractivity (Wildman–Crippen MR) is 54.9 cm³/mol. The van der Waals surface area contributed by atoms with E-state index < -0.39 is 11.9 Å². The van der Waals surface area contributed by atoms with Crippen molar-refractivity contribution in [3.63, 3.8) is 0 Å². The Balaban J connectivity index is 2.52. The molecule has 0 aromatic carbocycles. The third-order valence-electron chi connectivity index (χ3n) is 2.81. The van der Waals surface area contributed by atoms with Gasteiger partial charge < -0.3 is 15.4 Å². The number of hydrogen-bond donors (Lipinski definition) is 1. The van der Waals surface area contributed by atoms with Crippen molar-refractivity contribution in [2.45, 2.75) is 13.8 Å². The number of carbonyl (C=O) groups excluding carboxylic acids is 2. The van der Waals surface area contributed by atoms with Gasteiger partial charge in [0.05, 0.1) is 6.61 Å². The molecule has 0 radical (unpaired) electrons. The van der Waals surface area contributed by atoms with Crippen LogP contribution in [0, 0.1) is 11.8 Å². The van der Waals surface area contributed by atoms with Crippen LogP contribution in [0.5, 0.6) is 0 Å². The number of nitrogens with zero attached hydrogens (tertiary/aromatic N) is 1. The first-order valence-electron chi connectivity index (χ1n) is 5.26. The standard InChI is InChI=1S/C10H18N2O3/c1-3-15-10(14)9(13)12-5-7(2)8(4-11)6-12/h7-8H,3-6,11H2,1-2H3/t7-,8-/m1/s1. The van der Waals surface area contributed by atoms with Crippen LogP contribution in [0.15, 0.2) is 0 Å². The Morgan fingerprint density at radius 2 is 2.13 bits per heavy atom. The van der Waals surface area contributed by atoms with Gasteiger partial charge in [-0.1, -0.05) is 6.92 Å². The lowest BCUT2D eigenvalue weighted by Gasteiger charge is -2.14. The highest BCUT2D eigenvalue weighted by Crippen LogP contribution is 2.21. The van der Waals surface area contributed by atoms with E-state index in [9.17, 15) is 9.59 Å². The number of nitrogens with two attached hydrogens (primary N) is 1. The molecule has 1 amide bonds. The first-order valence-corrected chi connectivity index (χ1v) is 5.26. The lowest BCUT2D eigenvalue weighted by molar-refractivity contribution is -0.159. The highest BCUT2D eigenvalue weighted by Gasteiger charge is 2.34. The summed E-state index contributed by atoms with van der Waals surface area (Å²) in [6.07, 6.45) is 0. The lowest BCUT2D eigenvalue weighted by atomic mass is 9.99. The smallest absolute Gasteiger partial charge is 0.397 e. The predicted octanol–water partition coefficient (Wildman–Crippen LogP) is -0.397. The molecule has 0 saturated carbocycles. The normalized spacial score (nSPS) is 25.4. The van der Waals surface area contributed by atoms with E-state index in [0.29, 0.717) is 31.5 Å². The number of esters is 1. The Bertz CT molecular complexity index is 255. The summed E-state index contributed by atoms with van der Waals surface area (Å²) in [7, 11) is 0. The third-order valence-corrected chi connectivity index (χ3v) is 2.81. The zero-order chi connectivity index (χ0) is 11.4. The molecule has 0 aliphatic carbocycles. The maximum Gasteiger partial charge on any atom is 0.397 e. The van der Waals surface area contributed by atoms with Crippen molar-refractivity contribution in [1.29, 1.82) is 0 Å². The van der Waals surface area contributed by atoms with Gasteiger partial charge in [-0.15, -0.1) is 0 Å². The van der Waals surface area contributed by atoms with E-state index in [0.717, 1.165) is 0 Å². The second-order valence-corrected chi connectivity index (χ2v) is 3.90. The Morgan fingerprint density at radius 1 is 1.47 bits per heavy atom. The van der Waals surface area contributed by atoms with E-state index in [-0.39, 0.29) is 6.61 Å². The van der Waals surface area contributed by atoms with Crippen molar-refractivity contribution in [2.24, 2.45) is 17.6 Å². The molecule has 1 heterocycles. The number of carbonyl (C=O) groups is 2. The maximum absolute atomic E-state index is 11.6. The minimum atomic E-state index is -0.762. The Hall–Kier alpha value is -1.10. The summed E-state index contributed by atoms with van der Waals surface area (Å²) in [5, 5.41) is 0. The second-order valence-electron chi connectivity index (χ2n) is 3.90. The van der Waals surface area contributed by atoms with Crippen LogP contribution in [0.4, 0.5) is 0 Å². The van der Waals surface area contributed by atoms with E-state index in [2.05, 4.69) is 4.74 Å². The zero-order valence-electron chi connectivity index (χ0n) is 9.23. The summed E-state index contributed by atoms with van der Waals surface area (Å²) in [4.78, 5) is 24.3. The van der Waals surface area contributed by atoms with E-state index in [4.69, 9.17) is 5.73 Å². The number of amides is 1. The number of likely N-dealkylation sites (tertiary alicyclic amines) is 1. The van der Waals surface area contributed by atoms with Gasteiger partial charge in [0.1, 0.15) is 0 Å². The highest BCUT2D eigenvalue weighted by molar-refractivity contribution is 6.32. The Morgan fingerprint density at radius 3 is 2.60 bits per heavy atom. The minimum Gasteiger partial charge on any atom is -0.459 e. The molecule has 1 aliphatic heterocycles. The third kappa shape index (κ3) is 2.68. The van der Waals surface area contributed by atoms with Gasteiger partial charge in [-0.3, -0.25) is 4.79 Å². The molecular formula is C10H18N2O3. The van der Waals surface area contributed by atoms with Crippen LogP contribution >= 0.6 is 0 Å². The van der Waals surface area contributed by atoms with Crippen molar-refractivity contribution in [1.82, 2.24) is 4.90 Å². The molecule has 1 fully saturated rings. The topological polar surface area (TPSA) is 72.6 Å². The van der Waals surface area contributed by atoms with Gasteiger partial charge in [-0.05, 0) is 25.3 Å². The van der Waals surface area contributed by atoms with E-state index >= 15 is 0 Å².